The fourth-order valence-electron chi connectivity index (χ4n) is 4.03. The molecule has 0 saturated carbocycles. The fraction of sp³-hybridized carbons (Fsp3) is 0.231. The minimum atomic E-state index is -0.534. The molecule has 4 rings (SSSR count). The maximum Gasteiger partial charge on any atom is 0.415 e. The number of benzene rings is 3. The van der Waals surface area contributed by atoms with Crippen molar-refractivity contribution in [3.8, 4) is 11.5 Å². The highest BCUT2D eigenvalue weighted by Crippen LogP contribution is 2.45. The number of nitrogens with zero attached hydrogens (tertiary/aromatic N) is 2. The Labute approximate surface area is 208 Å². The van der Waals surface area contributed by atoms with E-state index in [4.69, 9.17) is 42.4 Å². The first-order valence-electron chi connectivity index (χ1n) is 10.7. The molecule has 34 heavy (non-hydrogen) atoms. The Hall–Kier alpha value is -3.22. The lowest BCUT2D eigenvalue weighted by Crippen LogP contribution is -2.37. The molecule has 2 unspecified atom stereocenters. The highest BCUT2D eigenvalue weighted by molar-refractivity contribution is 6.30. The Balaban J connectivity index is 1.92. The summed E-state index contributed by atoms with van der Waals surface area (Å²) in [5, 5.41) is 1.22. The van der Waals surface area contributed by atoms with Crippen LogP contribution in [-0.4, -0.2) is 37.7 Å². The molecular formula is C26H24Cl2N2O4. The lowest BCUT2D eigenvalue weighted by Gasteiger charge is -2.28. The zero-order valence-electron chi connectivity index (χ0n) is 19.0. The molecule has 6 nitrogen and oxygen atoms in total. The van der Waals surface area contributed by atoms with E-state index in [9.17, 15) is 4.79 Å². The second kappa shape index (κ2) is 10.4. The normalized spacial score (nSPS) is 17.3. The maximum absolute atomic E-state index is 13.2. The summed E-state index contributed by atoms with van der Waals surface area (Å²) in [6, 6.07) is 19.4. The van der Waals surface area contributed by atoms with Gasteiger partial charge in [0.1, 0.15) is 23.4 Å². The minimum absolute atomic E-state index is 0.413. The van der Waals surface area contributed by atoms with Crippen molar-refractivity contribution in [2.75, 3.05) is 20.8 Å². The highest BCUT2D eigenvalue weighted by Gasteiger charge is 2.43. The first-order chi connectivity index (χ1) is 16.5. The van der Waals surface area contributed by atoms with Gasteiger partial charge in [-0.15, -0.1) is 0 Å². The second-order valence-electron chi connectivity index (χ2n) is 7.58. The van der Waals surface area contributed by atoms with Crippen LogP contribution in [-0.2, 0) is 4.74 Å². The molecule has 3 aromatic rings. The van der Waals surface area contributed by atoms with Crippen molar-refractivity contribution in [2.24, 2.45) is 4.99 Å². The van der Waals surface area contributed by atoms with Gasteiger partial charge in [-0.05, 0) is 54.4 Å². The van der Waals surface area contributed by atoms with E-state index in [1.54, 1.807) is 30.2 Å². The topological polar surface area (TPSA) is 60.4 Å². The number of carbonyl (C=O) groups is 1. The molecule has 0 saturated heterocycles. The predicted molar refractivity (Wildman–Crippen MR) is 133 cm³/mol. The van der Waals surface area contributed by atoms with Crippen LogP contribution in [0, 0.1) is 0 Å². The van der Waals surface area contributed by atoms with Crippen LogP contribution in [0.25, 0.3) is 0 Å². The molecular weight excluding hydrogens is 475 g/mol. The molecule has 8 heteroatoms. The number of amides is 1. The molecule has 0 fully saturated rings. The van der Waals surface area contributed by atoms with E-state index in [1.165, 1.54) is 7.11 Å². The summed E-state index contributed by atoms with van der Waals surface area (Å²) in [4.78, 5) is 19.8. The van der Waals surface area contributed by atoms with Gasteiger partial charge >= 0.3 is 6.09 Å². The Morgan fingerprint density at radius 2 is 1.56 bits per heavy atom. The quantitative estimate of drug-likeness (QED) is 0.378. The van der Waals surface area contributed by atoms with Crippen molar-refractivity contribution in [3.63, 3.8) is 0 Å². The second-order valence-corrected chi connectivity index (χ2v) is 8.45. The van der Waals surface area contributed by atoms with Crippen LogP contribution in [0.1, 0.15) is 35.7 Å². The van der Waals surface area contributed by atoms with Crippen LogP contribution in [0.15, 0.2) is 71.7 Å². The van der Waals surface area contributed by atoms with Gasteiger partial charge in [0.15, 0.2) is 0 Å². The van der Waals surface area contributed by atoms with E-state index in [1.807, 2.05) is 55.5 Å². The monoisotopic (exact) mass is 498 g/mol. The first-order valence-corrected chi connectivity index (χ1v) is 11.5. The van der Waals surface area contributed by atoms with Gasteiger partial charge in [0, 0.05) is 16.1 Å². The summed E-state index contributed by atoms with van der Waals surface area (Å²) in [6.07, 6.45) is -0.534. The molecule has 0 bridgehead atoms. The summed E-state index contributed by atoms with van der Waals surface area (Å²) in [5.74, 6) is 1.64. The van der Waals surface area contributed by atoms with E-state index in [0.29, 0.717) is 39.6 Å². The Morgan fingerprint density at radius 3 is 2.12 bits per heavy atom. The van der Waals surface area contributed by atoms with Crippen molar-refractivity contribution in [2.45, 2.75) is 19.0 Å². The summed E-state index contributed by atoms with van der Waals surface area (Å²) in [7, 11) is 2.94. The van der Waals surface area contributed by atoms with Crippen molar-refractivity contribution < 1.29 is 19.0 Å². The highest BCUT2D eigenvalue weighted by atomic mass is 35.5. The van der Waals surface area contributed by atoms with Crippen molar-refractivity contribution in [1.29, 1.82) is 0 Å². The SMILES string of the molecule is CCOc1cc(OC)ccc1C1=NC(c2ccc(Cl)cc2)C(c2ccc(Cl)cc2)N1C(=O)OC. The number of carbonyl (C=O) groups excluding carboxylic acids is 1. The van der Waals surface area contributed by atoms with Gasteiger partial charge in [0.2, 0.25) is 0 Å². The zero-order valence-corrected chi connectivity index (χ0v) is 20.5. The summed E-state index contributed by atoms with van der Waals surface area (Å²) in [6.45, 7) is 2.33. The van der Waals surface area contributed by atoms with E-state index >= 15 is 0 Å². The third-order valence-electron chi connectivity index (χ3n) is 5.59. The molecule has 3 aromatic carbocycles. The van der Waals surface area contributed by atoms with Crippen LogP contribution < -0.4 is 9.47 Å². The Kier molecular flexibility index (Phi) is 7.29. The van der Waals surface area contributed by atoms with Gasteiger partial charge < -0.3 is 14.2 Å². The molecule has 176 valence electrons. The maximum atomic E-state index is 13.2. The van der Waals surface area contributed by atoms with Crippen LogP contribution >= 0.6 is 23.2 Å². The van der Waals surface area contributed by atoms with Gasteiger partial charge in [0.05, 0.1) is 32.4 Å². The molecule has 0 aromatic heterocycles. The molecule has 0 N–H and O–H groups in total. The van der Waals surface area contributed by atoms with Gasteiger partial charge in [-0.1, -0.05) is 47.5 Å². The van der Waals surface area contributed by atoms with E-state index in [2.05, 4.69) is 0 Å². The fourth-order valence-corrected chi connectivity index (χ4v) is 4.28. The van der Waals surface area contributed by atoms with E-state index in [-0.39, 0.29) is 0 Å². The zero-order chi connectivity index (χ0) is 24.2. The Bertz CT molecular complexity index is 1200. The van der Waals surface area contributed by atoms with Gasteiger partial charge in [-0.25, -0.2) is 4.79 Å². The largest absolute Gasteiger partial charge is 0.497 e. The van der Waals surface area contributed by atoms with Gasteiger partial charge in [-0.2, -0.15) is 0 Å². The van der Waals surface area contributed by atoms with Crippen LogP contribution in [0.5, 0.6) is 11.5 Å². The number of halogens is 2. The molecule has 1 heterocycles. The van der Waals surface area contributed by atoms with Crippen molar-refractivity contribution in [3.05, 3.63) is 93.5 Å². The lowest BCUT2D eigenvalue weighted by atomic mass is 9.94. The van der Waals surface area contributed by atoms with Crippen molar-refractivity contribution >= 4 is 35.1 Å². The smallest absolute Gasteiger partial charge is 0.415 e. The summed E-state index contributed by atoms with van der Waals surface area (Å²) in [5.41, 5.74) is 2.42. The number of rotatable bonds is 6. The molecule has 0 spiro atoms. The summed E-state index contributed by atoms with van der Waals surface area (Å²) < 4.78 is 16.5. The lowest BCUT2D eigenvalue weighted by molar-refractivity contribution is 0.134. The average Bonchev–Trinajstić information content (AvgIpc) is 3.25. The predicted octanol–water partition coefficient (Wildman–Crippen LogP) is 6.71. The van der Waals surface area contributed by atoms with E-state index < -0.39 is 18.2 Å². The Morgan fingerprint density at radius 1 is 0.941 bits per heavy atom. The third kappa shape index (κ3) is 4.69. The first kappa shape index (κ1) is 23.9. The number of hydrogen-bond donors (Lipinski definition) is 0. The third-order valence-corrected chi connectivity index (χ3v) is 6.09. The van der Waals surface area contributed by atoms with E-state index in [0.717, 1.165) is 11.1 Å². The number of methoxy groups -OCH3 is 2. The van der Waals surface area contributed by atoms with Crippen LogP contribution in [0.4, 0.5) is 4.79 Å². The van der Waals surface area contributed by atoms with Crippen LogP contribution in [0.2, 0.25) is 10.0 Å². The van der Waals surface area contributed by atoms with Crippen LogP contribution in [0.3, 0.4) is 0 Å². The molecule has 1 aliphatic heterocycles. The molecule has 0 aliphatic carbocycles. The summed E-state index contributed by atoms with van der Waals surface area (Å²) >= 11 is 12.3. The molecule has 1 amide bonds. The van der Waals surface area contributed by atoms with Gasteiger partial charge in [0.25, 0.3) is 0 Å². The number of aliphatic imine (C=N–C) groups is 1. The standard InChI is InChI=1S/C26H24Cl2N2O4/c1-4-34-22-15-20(32-2)13-14-21(22)25-29-23(16-5-9-18(27)10-6-16)24(30(25)26(31)33-3)17-7-11-19(28)12-8-17/h5-15,23-24H,4H2,1-3H3. The minimum Gasteiger partial charge on any atom is -0.497 e. The number of hydrogen-bond acceptors (Lipinski definition) is 5. The number of amidine groups is 1. The average molecular weight is 499 g/mol. The van der Waals surface area contributed by atoms with Gasteiger partial charge in [-0.3, -0.25) is 9.89 Å². The molecule has 2 atom stereocenters. The molecule has 0 radical (unpaired) electrons. The number of ether oxygens (including phenoxy) is 3. The molecule has 1 aliphatic rings. The van der Waals surface area contributed by atoms with Crippen molar-refractivity contribution in [1.82, 2.24) is 4.90 Å².